The number of furan rings is 1. The maximum Gasteiger partial charge on any atom is 0.337 e. The molecule has 4 aromatic rings. The van der Waals surface area contributed by atoms with E-state index >= 15 is 0 Å². The Morgan fingerprint density at radius 2 is 1.64 bits per heavy atom. The second-order valence-electron chi connectivity index (χ2n) is 8.59. The minimum absolute atomic E-state index is 0.122. The highest BCUT2D eigenvalue weighted by Crippen LogP contribution is 2.45. The maximum atomic E-state index is 13.9. The van der Waals surface area contributed by atoms with Gasteiger partial charge in [-0.05, 0) is 42.5 Å². The second-order valence-corrected chi connectivity index (χ2v) is 9.02. The third-order valence-corrected chi connectivity index (χ3v) is 6.66. The van der Waals surface area contributed by atoms with E-state index in [0.29, 0.717) is 38.7 Å². The monoisotopic (exact) mass is 547 g/mol. The number of carbonyl (C=O) groups excluding carboxylic acids is 3. The van der Waals surface area contributed by atoms with Gasteiger partial charge in [0.05, 0.1) is 38.5 Å². The molecule has 0 saturated heterocycles. The molecule has 9 nitrogen and oxygen atoms in total. The lowest BCUT2D eigenvalue weighted by atomic mass is 9.94. The maximum absolute atomic E-state index is 13.9. The molecule has 39 heavy (non-hydrogen) atoms. The summed E-state index contributed by atoms with van der Waals surface area (Å²) in [5.41, 5.74) is 1.14. The number of hydrogen-bond acceptors (Lipinski definition) is 8. The van der Waals surface area contributed by atoms with Gasteiger partial charge in [-0.15, -0.1) is 0 Å². The van der Waals surface area contributed by atoms with Crippen molar-refractivity contribution in [2.24, 2.45) is 0 Å². The number of hydrogen-bond donors (Lipinski definition) is 1. The summed E-state index contributed by atoms with van der Waals surface area (Å²) in [5.74, 6) is -2.21. The highest BCUT2D eigenvalue weighted by Gasteiger charge is 2.46. The van der Waals surface area contributed by atoms with Crippen molar-refractivity contribution in [2.45, 2.75) is 6.04 Å². The lowest BCUT2D eigenvalue weighted by Crippen LogP contribution is -2.31. The fraction of sp³-hybridized carbons (Fsp3) is 0.138. The Bertz CT molecular complexity index is 1650. The molecule has 1 atom stereocenters. The predicted molar refractivity (Wildman–Crippen MR) is 143 cm³/mol. The Morgan fingerprint density at radius 1 is 0.949 bits per heavy atom. The van der Waals surface area contributed by atoms with Gasteiger partial charge in [-0.25, -0.2) is 4.79 Å². The first-order valence-electron chi connectivity index (χ1n) is 11.7. The van der Waals surface area contributed by atoms with Crippen LogP contribution in [0.15, 0.2) is 82.5 Å². The number of rotatable bonds is 7. The number of ketones is 1. The van der Waals surface area contributed by atoms with E-state index in [0.717, 1.165) is 0 Å². The van der Waals surface area contributed by atoms with Crippen molar-refractivity contribution in [3.63, 3.8) is 0 Å². The molecule has 0 saturated carbocycles. The van der Waals surface area contributed by atoms with Crippen LogP contribution in [0.25, 0.3) is 11.0 Å². The Morgan fingerprint density at radius 3 is 2.31 bits per heavy atom. The van der Waals surface area contributed by atoms with E-state index < -0.39 is 29.5 Å². The molecule has 1 aliphatic rings. The van der Waals surface area contributed by atoms with Crippen molar-refractivity contribution in [1.82, 2.24) is 0 Å². The van der Waals surface area contributed by atoms with Gasteiger partial charge >= 0.3 is 5.97 Å². The van der Waals surface area contributed by atoms with E-state index in [1.54, 1.807) is 36.4 Å². The van der Waals surface area contributed by atoms with Gasteiger partial charge in [-0.2, -0.15) is 0 Å². The van der Waals surface area contributed by atoms with Gasteiger partial charge < -0.3 is 23.7 Å². The molecule has 0 aliphatic carbocycles. The average molecular weight is 548 g/mol. The van der Waals surface area contributed by atoms with Crippen LogP contribution in [0.2, 0.25) is 5.02 Å². The molecule has 0 spiro atoms. The van der Waals surface area contributed by atoms with E-state index in [1.807, 2.05) is 0 Å². The minimum atomic E-state index is -1.08. The van der Waals surface area contributed by atoms with Crippen LogP contribution in [-0.4, -0.2) is 44.1 Å². The topological polar surface area (TPSA) is 116 Å². The molecule has 5 rings (SSSR count). The molecule has 2 heterocycles. The number of aliphatic hydroxyl groups is 1. The van der Waals surface area contributed by atoms with Crippen LogP contribution in [-0.2, 0) is 9.53 Å². The highest BCUT2D eigenvalue weighted by atomic mass is 35.5. The number of esters is 1. The van der Waals surface area contributed by atoms with Crippen LogP contribution < -0.4 is 14.4 Å². The van der Waals surface area contributed by atoms with Crippen LogP contribution >= 0.6 is 11.6 Å². The number of para-hydroxylation sites is 1. The molecule has 1 aromatic heterocycles. The lowest BCUT2D eigenvalue weighted by molar-refractivity contribution is -0.117. The van der Waals surface area contributed by atoms with Crippen molar-refractivity contribution in [3.05, 3.63) is 100.0 Å². The normalized spacial score (nSPS) is 15.1. The van der Waals surface area contributed by atoms with E-state index in [1.165, 1.54) is 56.6 Å². The number of benzene rings is 3. The summed E-state index contributed by atoms with van der Waals surface area (Å²) in [6.07, 6.45) is 0. The molecule has 1 aliphatic heterocycles. The van der Waals surface area contributed by atoms with E-state index in [2.05, 4.69) is 0 Å². The Balaban J connectivity index is 1.66. The summed E-state index contributed by atoms with van der Waals surface area (Å²) >= 11 is 6.17. The van der Waals surface area contributed by atoms with Gasteiger partial charge in [-0.3, -0.25) is 14.5 Å². The van der Waals surface area contributed by atoms with E-state index in [9.17, 15) is 19.5 Å². The van der Waals surface area contributed by atoms with Crippen molar-refractivity contribution in [1.29, 1.82) is 0 Å². The van der Waals surface area contributed by atoms with Gasteiger partial charge in [0.2, 0.25) is 5.78 Å². The third-order valence-electron chi connectivity index (χ3n) is 6.44. The van der Waals surface area contributed by atoms with E-state index in [-0.39, 0.29) is 16.9 Å². The number of Topliss-reactive ketones (excluding diaryl/α,β-unsaturated/α-hetero) is 1. The number of nitrogens with zero attached hydrogens (tertiary/aromatic N) is 1. The molecule has 1 unspecified atom stereocenters. The molecule has 0 radical (unpaired) electrons. The number of aliphatic hydroxyl groups excluding tert-OH is 1. The average Bonchev–Trinajstić information content (AvgIpc) is 3.50. The Kier molecular flexibility index (Phi) is 6.76. The minimum Gasteiger partial charge on any atom is -0.503 e. The zero-order chi connectivity index (χ0) is 27.8. The fourth-order valence-electron chi connectivity index (χ4n) is 4.65. The van der Waals surface area contributed by atoms with Crippen LogP contribution in [0.4, 0.5) is 5.69 Å². The number of halogens is 1. The first-order chi connectivity index (χ1) is 18.8. The number of amides is 1. The van der Waals surface area contributed by atoms with Crippen molar-refractivity contribution in [2.75, 3.05) is 26.2 Å². The second kappa shape index (κ2) is 10.2. The van der Waals surface area contributed by atoms with Crippen molar-refractivity contribution >= 4 is 45.9 Å². The van der Waals surface area contributed by atoms with Gasteiger partial charge in [0.15, 0.2) is 22.9 Å². The summed E-state index contributed by atoms with van der Waals surface area (Å²) in [6, 6.07) is 16.4. The zero-order valence-corrected chi connectivity index (χ0v) is 21.8. The lowest BCUT2D eigenvalue weighted by Gasteiger charge is -2.28. The number of methoxy groups -OCH3 is 3. The fourth-order valence-corrected chi connectivity index (χ4v) is 4.86. The standard InChI is InChI=1S/C29H22ClNO8/c1-36-20-7-5-4-6-19(20)24-23(25(32)21-13-16-12-17(30)14-22(37-2)27(16)39-21)26(33)28(34)31(24)18-10-8-15(9-11-18)29(35)38-3/h4-14,24,33H,1-3H3. The molecule has 1 amide bonds. The highest BCUT2D eigenvalue weighted by molar-refractivity contribution is 6.31. The summed E-state index contributed by atoms with van der Waals surface area (Å²) in [5, 5.41) is 12.0. The van der Waals surface area contributed by atoms with Gasteiger partial charge in [-0.1, -0.05) is 29.8 Å². The molecule has 0 fully saturated rings. The molecule has 198 valence electrons. The molecule has 1 N–H and O–H groups in total. The number of anilines is 1. The van der Waals surface area contributed by atoms with Crippen LogP contribution in [0, 0.1) is 0 Å². The third kappa shape index (κ3) is 4.36. The largest absolute Gasteiger partial charge is 0.503 e. The van der Waals surface area contributed by atoms with Crippen LogP contribution in [0.1, 0.15) is 32.5 Å². The quantitative estimate of drug-likeness (QED) is 0.232. The van der Waals surface area contributed by atoms with Gasteiger partial charge in [0.25, 0.3) is 5.91 Å². The smallest absolute Gasteiger partial charge is 0.337 e. The SMILES string of the molecule is COC(=O)c1ccc(N2C(=O)C(O)=C(C(=O)c3cc4cc(Cl)cc(OC)c4o3)C2c2ccccc2OC)cc1. The first kappa shape index (κ1) is 25.9. The zero-order valence-electron chi connectivity index (χ0n) is 21.1. The molecule has 0 bridgehead atoms. The van der Waals surface area contributed by atoms with Gasteiger partial charge in [0.1, 0.15) is 5.75 Å². The summed E-state index contributed by atoms with van der Waals surface area (Å²) in [4.78, 5) is 40.6. The van der Waals surface area contributed by atoms with Crippen molar-refractivity contribution in [3.8, 4) is 11.5 Å². The summed E-state index contributed by atoms with van der Waals surface area (Å²) in [7, 11) is 4.17. The van der Waals surface area contributed by atoms with Gasteiger partial charge in [0, 0.05) is 27.7 Å². The van der Waals surface area contributed by atoms with Crippen LogP contribution in [0.5, 0.6) is 11.5 Å². The molecular formula is C29H22ClNO8. The number of ether oxygens (including phenoxy) is 3. The Hall–Kier alpha value is -4.76. The van der Waals surface area contributed by atoms with Crippen LogP contribution in [0.3, 0.4) is 0 Å². The molecular weight excluding hydrogens is 526 g/mol. The first-order valence-corrected chi connectivity index (χ1v) is 12.1. The summed E-state index contributed by atoms with van der Waals surface area (Å²) < 4.78 is 21.5. The molecule has 3 aromatic carbocycles. The number of fused-ring (bicyclic) bond motifs is 1. The van der Waals surface area contributed by atoms with E-state index in [4.69, 9.17) is 30.2 Å². The molecule has 10 heteroatoms. The van der Waals surface area contributed by atoms with Crippen molar-refractivity contribution < 1.29 is 38.1 Å². The number of carbonyl (C=O) groups is 3. The predicted octanol–water partition coefficient (Wildman–Crippen LogP) is 5.67. The summed E-state index contributed by atoms with van der Waals surface area (Å²) in [6.45, 7) is 0. The Labute approximate surface area is 227 Å².